The molecule has 2 N–H and O–H groups in total. The number of hydrogen-bond donors (Lipinski definition) is 1. The molecule has 0 spiro atoms. The maximum atomic E-state index is 12.0. The topological polar surface area (TPSA) is 68.5 Å². The minimum atomic E-state index is -0.00541. The van der Waals surface area contributed by atoms with Crippen LogP contribution in [0.3, 0.4) is 0 Å². The highest BCUT2D eigenvalue weighted by Crippen LogP contribution is 2.04. The lowest BCUT2D eigenvalue weighted by Gasteiger charge is -2.22. The standard InChI is InChI=1S/C13H21N3O2/c1-2-18-11-13(17)16(8-4-6-14)10-12-5-3-7-15-9-12/h3,5,7,9H,2,4,6,8,10-11,14H2,1H3. The number of carbonyl (C=O) groups excluding carboxylic acids is 1. The summed E-state index contributed by atoms with van der Waals surface area (Å²) < 4.78 is 5.16. The van der Waals surface area contributed by atoms with Crippen LogP contribution in [0.4, 0.5) is 0 Å². The monoisotopic (exact) mass is 251 g/mol. The van der Waals surface area contributed by atoms with Gasteiger partial charge in [-0.25, -0.2) is 0 Å². The highest BCUT2D eigenvalue weighted by molar-refractivity contribution is 5.77. The van der Waals surface area contributed by atoms with Crippen molar-refractivity contribution in [2.75, 3.05) is 26.3 Å². The third-order valence-electron chi connectivity index (χ3n) is 2.51. The fraction of sp³-hybridized carbons (Fsp3) is 0.538. The first-order valence-electron chi connectivity index (χ1n) is 6.22. The lowest BCUT2D eigenvalue weighted by molar-refractivity contribution is -0.136. The van der Waals surface area contributed by atoms with E-state index < -0.39 is 0 Å². The average molecular weight is 251 g/mol. The van der Waals surface area contributed by atoms with E-state index in [1.54, 1.807) is 17.3 Å². The van der Waals surface area contributed by atoms with Gasteiger partial charge >= 0.3 is 0 Å². The number of pyridine rings is 1. The van der Waals surface area contributed by atoms with Gasteiger partial charge in [0.05, 0.1) is 0 Å². The van der Waals surface area contributed by atoms with Crippen LogP contribution < -0.4 is 5.73 Å². The second-order valence-electron chi connectivity index (χ2n) is 3.96. The summed E-state index contributed by atoms with van der Waals surface area (Å²) in [6.07, 6.45) is 4.28. The maximum Gasteiger partial charge on any atom is 0.248 e. The fourth-order valence-corrected chi connectivity index (χ4v) is 1.57. The minimum absolute atomic E-state index is 0.00541. The zero-order valence-corrected chi connectivity index (χ0v) is 10.8. The number of carbonyl (C=O) groups is 1. The largest absolute Gasteiger partial charge is 0.372 e. The third kappa shape index (κ3) is 5.25. The second-order valence-corrected chi connectivity index (χ2v) is 3.96. The van der Waals surface area contributed by atoms with Crippen LogP contribution in [0.15, 0.2) is 24.5 Å². The van der Waals surface area contributed by atoms with Gasteiger partial charge in [-0.15, -0.1) is 0 Å². The van der Waals surface area contributed by atoms with Crippen molar-refractivity contribution in [1.29, 1.82) is 0 Å². The van der Waals surface area contributed by atoms with Crippen LogP contribution in [0, 0.1) is 0 Å². The van der Waals surface area contributed by atoms with Gasteiger partial charge in [0.15, 0.2) is 0 Å². The van der Waals surface area contributed by atoms with E-state index in [0.717, 1.165) is 12.0 Å². The molecular weight excluding hydrogens is 230 g/mol. The maximum absolute atomic E-state index is 12.0. The molecule has 0 aromatic carbocycles. The molecule has 1 rings (SSSR count). The van der Waals surface area contributed by atoms with E-state index in [1.165, 1.54) is 0 Å². The molecule has 5 heteroatoms. The lowest BCUT2D eigenvalue weighted by Crippen LogP contribution is -2.35. The Labute approximate surface area is 108 Å². The summed E-state index contributed by atoms with van der Waals surface area (Å²) in [5.41, 5.74) is 6.50. The van der Waals surface area contributed by atoms with Crippen molar-refractivity contribution in [2.45, 2.75) is 19.9 Å². The molecule has 5 nitrogen and oxygen atoms in total. The van der Waals surface area contributed by atoms with Crippen molar-refractivity contribution in [3.05, 3.63) is 30.1 Å². The zero-order valence-electron chi connectivity index (χ0n) is 10.8. The summed E-state index contributed by atoms with van der Waals surface area (Å²) in [4.78, 5) is 17.8. The number of amides is 1. The molecule has 0 unspecified atom stereocenters. The number of nitrogens with zero attached hydrogens (tertiary/aromatic N) is 2. The quantitative estimate of drug-likeness (QED) is 0.742. The molecule has 0 saturated carbocycles. The number of rotatable bonds is 8. The highest BCUT2D eigenvalue weighted by Gasteiger charge is 2.13. The van der Waals surface area contributed by atoms with E-state index in [4.69, 9.17) is 10.5 Å². The molecule has 0 atom stereocenters. The number of aromatic nitrogens is 1. The van der Waals surface area contributed by atoms with E-state index in [0.29, 0.717) is 26.2 Å². The first kappa shape index (κ1) is 14.6. The van der Waals surface area contributed by atoms with Gasteiger partial charge in [0.2, 0.25) is 5.91 Å². The first-order chi connectivity index (χ1) is 8.77. The third-order valence-corrected chi connectivity index (χ3v) is 2.51. The Hall–Kier alpha value is -1.46. The van der Waals surface area contributed by atoms with Crippen molar-refractivity contribution in [3.8, 4) is 0 Å². The van der Waals surface area contributed by atoms with Gasteiger partial charge in [-0.05, 0) is 31.5 Å². The lowest BCUT2D eigenvalue weighted by atomic mass is 10.2. The molecular formula is C13H21N3O2. The van der Waals surface area contributed by atoms with Crippen molar-refractivity contribution in [3.63, 3.8) is 0 Å². The fourth-order valence-electron chi connectivity index (χ4n) is 1.57. The van der Waals surface area contributed by atoms with E-state index >= 15 is 0 Å². The summed E-state index contributed by atoms with van der Waals surface area (Å²) in [6, 6.07) is 3.82. The summed E-state index contributed by atoms with van der Waals surface area (Å²) in [5, 5.41) is 0. The minimum Gasteiger partial charge on any atom is -0.372 e. The SMILES string of the molecule is CCOCC(=O)N(CCCN)Cc1cccnc1. The summed E-state index contributed by atoms with van der Waals surface area (Å²) >= 11 is 0. The number of hydrogen-bond acceptors (Lipinski definition) is 4. The normalized spacial score (nSPS) is 10.3. The van der Waals surface area contributed by atoms with Crippen LogP contribution in [0.2, 0.25) is 0 Å². The average Bonchev–Trinajstić information content (AvgIpc) is 2.42. The molecule has 1 aromatic rings. The molecule has 1 aromatic heterocycles. The van der Waals surface area contributed by atoms with Gasteiger partial charge in [0, 0.05) is 32.1 Å². The van der Waals surface area contributed by atoms with Crippen LogP contribution in [-0.2, 0) is 16.1 Å². The van der Waals surface area contributed by atoms with Crippen LogP contribution in [0.1, 0.15) is 18.9 Å². The Balaban J connectivity index is 2.57. The summed E-state index contributed by atoms with van der Waals surface area (Å²) in [5.74, 6) is -0.00541. The van der Waals surface area contributed by atoms with E-state index in [1.807, 2.05) is 19.1 Å². The van der Waals surface area contributed by atoms with Gasteiger partial charge in [-0.2, -0.15) is 0 Å². The molecule has 18 heavy (non-hydrogen) atoms. The Morgan fingerprint density at radius 2 is 2.39 bits per heavy atom. The Kier molecular flexibility index (Phi) is 6.98. The van der Waals surface area contributed by atoms with Gasteiger partial charge < -0.3 is 15.4 Å². The second kappa shape index (κ2) is 8.60. The predicted molar refractivity (Wildman–Crippen MR) is 69.8 cm³/mol. The van der Waals surface area contributed by atoms with Crippen molar-refractivity contribution in [1.82, 2.24) is 9.88 Å². The van der Waals surface area contributed by atoms with Gasteiger partial charge in [-0.1, -0.05) is 6.07 Å². The van der Waals surface area contributed by atoms with Crippen LogP contribution in [0.25, 0.3) is 0 Å². The molecule has 0 aliphatic heterocycles. The molecule has 0 saturated heterocycles. The number of nitrogens with two attached hydrogens (primary N) is 1. The Bertz CT molecular complexity index is 343. The molecule has 0 aliphatic rings. The Morgan fingerprint density at radius 1 is 1.56 bits per heavy atom. The van der Waals surface area contributed by atoms with Crippen molar-refractivity contribution in [2.24, 2.45) is 5.73 Å². The molecule has 0 radical (unpaired) electrons. The molecule has 1 amide bonds. The number of ether oxygens (including phenoxy) is 1. The summed E-state index contributed by atoms with van der Waals surface area (Å²) in [7, 11) is 0. The Morgan fingerprint density at radius 3 is 3.00 bits per heavy atom. The van der Waals surface area contributed by atoms with Gasteiger partial charge in [-0.3, -0.25) is 9.78 Å². The molecule has 1 heterocycles. The highest BCUT2D eigenvalue weighted by atomic mass is 16.5. The van der Waals surface area contributed by atoms with Crippen molar-refractivity contribution >= 4 is 5.91 Å². The molecule has 100 valence electrons. The van der Waals surface area contributed by atoms with E-state index in [-0.39, 0.29) is 12.5 Å². The smallest absolute Gasteiger partial charge is 0.248 e. The van der Waals surface area contributed by atoms with E-state index in [9.17, 15) is 4.79 Å². The van der Waals surface area contributed by atoms with Crippen molar-refractivity contribution < 1.29 is 9.53 Å². The van der Waals surface area contributed by atoms with Crippen LogP contribution in [-0.4, -0.2) is 42.1 Å². The zero-order chi connectivity index (χ0) is 13.2. The van der Waals surface area contributed by atoms with Crippen LogP contribution >= 0.6 is 0 Å². The van der Waals surface area contributed by atoms with Gasteiger partial charge in [0.1, 0.15) is 6.61 Å². The van der Waals surface area contributed by atoms with E-state index in [2.05, 4.69) is 4.98 Å². The molecule has 0 fully saturated rings. The first-order valence-corrected chi connectivity index (χ1v) is 6.22. The summed E-state index contributed by atoms with van der Waals surface area (Å²) in [6.45, 7) is 4.33. The van der Waals surface area contributed by atoms with Crippen LogP contribution in [0.5, 0.6) is 0 Å². The van der Waals surface area contributed by atoms with Gasteiger partial charge in [0.25, 0.3) is 0 Å². The predicted octanol–water partition coefficient (Wildman–Crippen LogP) is 0.795. The molecule has 0 bridgehead atoms. The molecule has 0 aliphatic carbocycles.